The Kier molecular flexibility index (Phi) is 5.32. The highest BCUT2D eigenvalue weighted by Gasteiger charge is 2.18. The Labute approximate surface area is 113 Å². The predicted octanol–water partition coefficient (Wildman–Crippen LogP) is 1.46. The van der Waals surface area contributed by atoms with E-state index in [0.29, 0.717) is 0 Å². The topological polar surface area (TPSA) is 81.6 Å². The van der Waals surface area contributed by atoms with E-state index in [9.17, 15) is 4.79 Å². The SMILES string of the molecule is CC(C)(C)c1ccccc1NC(=O)NCC(O)CO. The van der Waals surface area contributed by atoms with Gasteiger partial charge in [0.2, 0.25) is 0 Å². The molecule has 19 heavy (non-hydrogen) atoms. The summed E-state index contributed by atoms with van der Waals surface area (Å²) in [5.41, 5.74) is 1.70. The van der Waals surface area contributed by atoms with Crippen LogP contribution in [0.5, 0.6) is 0 Å². The van der Waals surface area contributed by atoms with Gasteiger partial charge in [-0.25, -0.2) is 4.79 Å². The molecule has 0 radical (unpaired) electrons. The maximum Gasteiger partial charge on any atom is 0.319 e. The molecule has 2 amide bonds. The average Bonchev–Trinajstić information content (AvgIpc) is 2.35. The van der Waals surface area contributed by atoms with E-state index in [1.807, 2.05) is 24.3 Å². The fraction of sp³-hybridized carbons (Fsp3) is 0.500. The van der Waals surface area contributed by atoms with Gasteiger partial charge >= 0.3 is 6.03 Å². The van der Waals surface area contributed by atoms with Crippen LogP contribution in [0.25, 0.3) is 0 Å². The van der Waals surface area contributed by atoms with Crippen LogP contribution in [-0.2, 0) is 5.41 Å². The van der Waals surface area contributed by atoms with Crippen molar-refractivity contribution in [2.75, 3.05) is 18.5 Å². The van der Waals surface area contributed by atoms with Gasteiger partial charge in [-0.2, -0.15) is 0 Å². The Morgan fingerprint density at radius 3 is 2.53 bits per heavy atom. The van der Waals surface area contributed by atoms with Gasteiger partial charge in [0.25, 0.3) is 0 Å². The minimum absolute atomic E-state index is 0.0139. The number of para-hydroxylation sites is 1. The van der Waals surface area contributed by atoms with Crippen molar-refractivity contribution in [1.82, 2.24) is 5.32 Å². The monoisotopic (exact) mass is 266 g/mol. The summed E-state index contributed by atoms with van der Waals surface area (Å²) >= 11 is 0. The van der Waals surface area contributed by atoms with E-state index < -0.39 is 12.1 Å². The van der Waals surface area contributed by atoms with Crippen molar-refractivity contribution in [3.63, 3.8) is 0 Å². The zero-order valence-corrected chi connectivity index (χ0v) is 11.6. The number of carbonyl (C=O) groups excluding carboxylic acids is 1. The lowest BCUT2D eigenvalue weighted by Crippen LogP contribution is -2.37. The van der Waals surface area contributed by atoms with Crippen LogP contribution < -0.4 is 10.6 Å². The van der Waals surface area contributed by atoms with E-state index in [1.54, 1.807) is 0 Å². The first-order chi connectivity index (χ1) is 8.84. The molecule has 0 aliphatic carbocycles. The molecule has 1 unspecified atom stereocenters. The molecule has 0 aliphatic heterocycles. The summed E-state index contributed by atoms with van der Waals surface area (Å²) < 4.78 is 0. The van der Waals surface area contributed by atoms with Crippen LogP contribution in [0.3, 0.4) is 0 Å². The third-order valence-corrected chi connectivity index (χ3v) is 2.69. The number of hydrogen-bond donors (Lipinski definition) is 4. The Balaban J connectivity index is 2.70. The molecular weight excluding hydrogens is 244 g/mol. The van der Waals surface area contributed by atoms with Crippen LogP contribution in [0.2, 0.25) is 0 Å². The van der Waals surface area contributed by atoms with Gasteiger partial charge in [-0.3, -0.25) is 0 Å². The van der Waals surface area contributed by atoms with Gasteiger partial charge < -0.3 is 20.8 Å². The number of anilines is 1. The number of hydrogen-bond acceptors (Lipinski definition) is 3. The molecule has 5 heteroatoms. The largest absolute Gasteiger partial charge is 0.394 e. The van der Waals surface area contributed by atoms with Crippen molar-refractivity contribution in [2.24, 2.45) is 0 Å². The smallest absolute Gasteiger partial charge is 0.319 e. The number of carbonyl (C=O) groups is 1. The second kappa shape index (κ2) is 6.54. The van der Waals surface area contributed by atoms with Crippen molar-refractivity contribution >= 4 is 11.7 Å². The first-order valence-corrected chi connectivity index (χ1v) is 6.28. The number of urea groups is 1. The third kappa shape index (κ3) is 4.89. The molecule has 0 aliphatic rings. The van der Waals surface area contributed by atoms with E-state index in [4.69, 9.17) is 10.2 Å². The molecule has 1 atom stereocenters. The highest BCUT2D eigenvalue weighted by atomic mass is 16.3. The molecule has 1 aromatic carbocycles. The molecule has 1 aromatic rings. The molecule has 0 heterocycles. The lowest BCUT2D eigenvalue weighted by molar-refractivity contribution is 0.0965. The van der Waals surface area contributed by atoms with Gasteiger partial charge in [0, 0.05) is 12.2 Å². The van der Waals surface area contributed by atoms with E-state index in [2.05, 4.69) is 31.4 Å². The molecule has 5 nitrogen and oxygen atoms in total. The van der Waals surface area contributed by atoms with Crippen LogP contribution in [0.15, 0.2) is 24.3 Å². The summed E-state index contributed by atoms with van der Waals surface area (Å²) in [6, 6.07) is 7.19. The van der Waals surface area contributed by atoms with Gasteiger partial charge in [-0.1, -0.05) is 39.0 Å². The maximum absolute atomic E-state index is 11.7. The Bertz CT molecular complexity index is 427. The lowest BCUT2D eigenvalue weighted by Gasteiger charge is -2.23. The number of aliphatic hydroxyl groups is 2. The van der Waals surface area contributed by atoms with Crippen LogP contribution >= 0.6 is 0 Å². The lowest BCUT2D eigenvalue weighted by atomic mass is 9.86. The first-order valence-electron chi connectivity index (χ1n) is 6.28. The minimum Gasteiger partial charge on any atom is -0.394 e. The molecule has 0 fully saturated rings. The number of nitrogens with one attached hydrogen (secondary N) is 2. The van der Waals surface area contributed by atoms with Gasteiger partial charge in [-0.05, 0) is 17.0 Å². The maximum atomic E-state index is 11.7. The normalized spacial score (nSPS) is 12.9. The second-order valence-corrected chi connectivity index (χ2v) is 5.47. The number of benzene rings is 1. The first kappa shape index (κ1) is 15.5. The van der Waals surface area contributed by atoms with E-state index in [1.165, 1.54) is 0 Å². The van der Waals surface area contributed by atoms with Gasteiger partial charge in [0.15, 0.2) is 0 Å². The van der Waals surface area contributed by atoms with E-state index >= 15 is 0 Å². The van der Waals surface area contributed by atoms with Crippen LogP contribution in [0, 0.1) is 0 Å². The zero-order valence-electron chi connectivity index (χ0n) is 11.6. The third-order valence-electron chi connectivity index (χ3n) is 2.69. The zero-order chi connectivity index (χ0) is 14.5. The molecule has 1 rings (SSSR count). The molecule has 0 bridgehead atoms. The average molecular weight is 266 g/mol. The summed E-state index contributed by atoms with van der Waals surface area (Å²) in [5.74, 6) is 0. The fourth-order valence-corrected chi connectivity index (χ4v) is 1.69. The summed E-state index contributed by atoms with van der Waals surface area (Å²) in [7, 11) is 0. The molecule has 0 saturated heterocycles. The standard InChI is InChI=1S/C14H22N2O3/c1-14(2,3)11-6-4-5-7-12(11)16-13(19)15-8-10(18)9-17/h4-7,10,17-18H,8-9H2,1-3H3,(H2,15,16,19). The summed E-state index contributed by atoms with van der Waals surface area (Å²) in [6.45, 7) is 5.85. The van der Waals surface area contributed by atoms with Crippen molar-refractivity contribution in [1.29, 1.82) is 0 Å². The van der Waals surface area contributed by atoms with Gasteiger partial charge in [-0.15, -0.1) is 0 Å². The molecular formula is C14H22N2O3. The van der Waals surface area contributed by atoms with Crippen LogP contribution in [-0.4, -0.2) is 35.5 Å². The Morgan fingerprint density at radius 2 is 1.95 bits per heavy atom. The summed E-state index contributed by atoms with van der Waals surface area (Å²) in [5, 5.41) is 23.1. The Morgan fingerprint density at radius 1 is 1.32 bits per heavy atom. The molecule has 0 spiro atoms. The summed E-state index contributed by atoms with van der Waals surface area (Å²) in [4.78, 5) is 11.7. The van der Waals surface area contributed by atoms with Gasteiger partial charge in [0.05, 0.1) is 12.7 Å². The van der Waals surface area contributed by atoms with Crippen molar-refractivity contribution in [3.05, 3.63) is 29.8 Å². The number of rotatable bonds is 4. The fourth-order valence-electron chi connectivity index (χ4n) is 1.69. The number of amides is 2. The molecule has 0 saturated carbocycles. The van der Waals surface area contributed by atoms with Gasteiger partial charge in [0.1, 0.15) is 0 Å². The molecule has 0 aromatic heterocycles. The van der Waals surface area contributed by atoms with Crippen molar-refractivity contribution in [2.45, 2.75) is 32.3 Å². The highest BCUT2D eigenvalue weighted by Crippen LogP contribution is 2.28. The van der Waals surface area contributed by atoms with E-state index in [-0.39, 0.29) is 18.6 Å². The minimum atomic E-state index is -0.941. The summed E-state index contributed by atoms with van der Waals surface area (Å²) in [6.07, 6.45) is -0.941. The number of aliphatic hydroxyl groups excluding tert-OH is 2. The second-order valence-electron chi connectivity index (χ2n) is 5.47. The van der Waals surface area contributed by atoms with E-state index in [0.717, 1.165) is 11.3 Å². The molecule has 106 valence electrons. The Hall–Kier alpha value is -1.59. The van der Waals surface area contributed by atoms with Crippen LogP contribution in [0.1, 0.15) is 26.3 Å². The highest BCUT2D eigenvalue weighted by molar-refractivity contribution is 5.90. The molecule has 4 N–H and O–H groups in total. The van der Waals surface area contributed by atoms with Crippen LogP contribution in [0.4, 0.5) is 10.5 Å². The van der Waals surface area contributed by atoms with Crippen molar-refractivity contribution < 1.29 is 15.0 Å². The van der Waals surface area contributed by atoms with Crippen molar-refractivity contribution in [3.8, 4) is 0 Å². The predicted molar refractivity (Wildman–Crippen MR) is 75.3 cm³/mol. The quantitative estimate of drug-likeness (QED) is 0.666.